The fraction of sp³-hybridized carbons (Fsp3) is 0.188. The number of carbonyl (C=O) groups excluding carboxylic acids is 1. The van der Waals surface area contributed by atoms with Gasteiger partial charge in [-0.2, -0.15) is 0 Å². The van der Waals surface area contributed by atoms with E-state index in [0.29, 0.717) is 22.7 Å². The van der Waals surface area contributed by atoms with Gasteiger partial charge in [-0.3, -0.25) is 4.79 Å². The van der Waals surface area contributed by atoms with Gasteiger partial charge in [0.15, 0.2) is 0 Å². The molecule has 0 saturated carbocycles. The molecule has 0 unspecified atom stereocenters. The van der Waals surface area contributed by atoms with Crippen molar-refractivity contribution in [2.45, 2.75) is 6.92 Å². The van der Waals surface area contributed by atoms with Crippen LogP contribution in [0.5, 0.6) is 11.5 Å². The van der Waals surface area contributed by atoms with E-state index in [2.05, 4.69) is 21.2 Å². The van der Waals surface area contributed by atoms with Crippen molar-refractivity contribution in [2.24, 2.45) is 0 Å². The molecule has 0 atom stereocenters. The molecule has 0 bridgehead atoms. The lowest BCUT2D eigenvalue weighted by molar-refractivity contribution is 0.102. The number of aryl methyl sites for hydroxylation is 1. The molecule has 21 heavy (non-hydrogen) atoms. The molecule has 1 amide bonds. The van der Waals surface area contributed by atoms with Crippen LogP contribution in [0.2, 0.25) is 0 Å². The second-order valence-corrected chi connectivity index (χ2v) is 5.31. The lowest BCUT2D eigenvalue weighted by atomic mass is 10.1. The van der Waals surface area contributed by atoms with E-state index in [1.54, 1.807) is 38.5 Å². The SMILES string of the molecule is COc1ccc(NC(=O)c2cccc(C)c2OC)cc1Br. The van der Waals surface area contributed by atoms with Gasteiger partial charge < -0.3 is 14.8 Å². The number of rotatable bonds is 4. The average molecular weight is 350 g/mol. The summed E-state index contributed by atoms with van der Waals surface area (Å²) in [6.07, 6.45) is 0. The summed E-state index contributed by atoms with van der Waals surface area (Å²) < 4.78 is 11.2. The van der Waals surface area contributed by atoms with Crippen molar-refractivity contribution in [2.75, 3.05) is 19.5 Å². The molecule has 4 nitrogen and oxygen atoms in total. The molecule has 0 aliphatic rings. The largest absolute Gasteiger partial charge is 0.496 e. The Balaban J connectivity index is 2.26. The first-order valence-electron chi connectivity index (χ1n) is 6.35. The summed E-state index contributed by atoms with van der Waals surface area (Å²) in [6, 6.07) is 10.8. The standard InChI is InChI=1S/C16H16BrNO3/c1-10-5-4-6-12(15(10)21-3)16(19)18-11-7-8-14(20-2)13(17)9-11/h4-9H,1-3H3,(H,18,19). The molecule has 0 aromatic heterocycles. The number of ether oxygens (including phenoxy) is 2. The van der Waals surface area contributed by atoms with Gasteiger partial charge in [-0.15, -0.1) is 0 Å². The molecule has 2 aromatic rings. The first-order valence-corrected chi connectivity index (χ1v) is 7.14. The average Bonchev–Trinajstić information content (AvgIpc) is 2.47. The normalized spacial score (nSPS) is 10.1. The number of para-hydroxylation sites is 1. The van der Waals surface area contributed by atoms with Gasteiger partial charge in [-0.1, -0.05) is 12.1 Å². The third-order valence-corrected chi connectivity index (χ3v) is 3.69. The number of halogens is 1. The van der Waals surface area contributed by atoms with Gasteiger partial charge in [0, 0.05) is 5.69 Å². The van der Waals surface area contributed by atoms with Crippen molar-refractivity contribution >= 4 is 27.5 Å². The topological polar surface area (TPSA) is 47.6 Å². The number of nitrogens with one attached hydrogen (secondary N) is 1. The molecule has 110 valence electrons. The molecule has 0 fully saturated rings. The number of anilines is 1. The molecular weight excluding hydrogens is 334 g/mol. The number of carbonyl (C=O) groups is 1. The maximum Gasteiger partial charge on any atom is 0.259 e. The molecule has 0 saturated heterocycles. The number of amides is 1. The third kappa shape index (κ3) is 3.36. The maximum atomic E-state index is 12.4. The smallest absolute Gasteiger partial charge is 0.259 e. The minimum atomic E-state index is -0.215. The Labute approximate surface area is 132 Å². The summed E-state index contributed by atoms with van der Waals surface area (Å²) >= 11 is 3.39. The molecule has 5 heteroatoms. The van der Waals surface area contributed by atoms with Gasteiger partial charge in [0.25, 0.3) is 5.91 Å². The molecule has 2 aromatic carbocycles. The van der Waals surface area contributed by atoms with E-state index in [9.17, 15) is 4.79 Å². The summed E-state index contributed by atoms with van der Waals surface area (Å²) in [5.41, 5.74) is 2.10. The van der Waals surface area contributed by atoms with Crippen LogP contribution in [0, 0.1) is 6.92 Å². The van der Waals surface area contributed by atoms with Crippen molar-refractivity contribution in [3.63, 3.8) is 0 Å². The highest BCUT2D eigenvalue weighted by atomic mass is 79.9. The second kappa shape index (κ2) is 6.63. The predicted molar refractivity (Wildman–Crippen MR) is 86.4 cm³/mol. The van der Waals surface area contributed by atoms with Gasteiger partial charge in [0.05, 0.1) is 24.3 Å². The van der Waals surface area contributed by atoms with Gasteiger partial charge >= 0.3 is 0 Å². The summed E-state index contributed by atoms with van der Waals surface area (Å²) in [4.78, 5) is 12.4. The van der Waals surface area contributed by atoms with Crippen molar-refractivity contribution < 1.29 is 14.3 Å². The highest BCUT2D eigenvalue weighted by Gasteiger charge is 2.14. The Bertz CT molecular complexity index is 671. The highest BCUT2D eigenvalue weighted by molar-refractivity contribution is 9.10. The fourth-order valence-electron chi connectivity index (χ4n) is 2.04. The molecule has 0 heterocycles. The van der Waals surface area contributed by atoms with Crippen LogP contribution in [0.4, 0.5) is 5.69 Å². The first kappa shape index (κ1) is 15.4. The van der Waals surface area contributed by atoms with Crippen LogP contribution in [0.1, 0.15) is 15.9 Å². The van der Waals surface area contributed by atoms with Crippen molar-refractivity contribution in [3.8, 4) is 11.5 Å². The molecule has 0 aliphatic heterocycles. The maximum absolute atomic E-state index is 12.4. The first-order chi connectivity index (χ1) is 10.1. The van der Waals surface area contributed by atoms with E-state index in [1.807, 2.05) is 19.1 Å². The molecule has 2 rings (SSSR count). The molecule has 0 spiro atoms. The number of hydrogen-bond acceptors (Lipinski definition) is 3. The van der Waals surface area contributed by atoms with Crippen molar-refractivity contribution in [1.82, 2.24) is 0 Å². The Kier molecular flexibility index (Phi) is 4.85. The van der Waals surface area contributed by atoms with Crippen LogP contribution in [-0.2, 0) is 0 Å². The molecule has 0 aliphatic carbocycles. The zero-order valence-electron chi connectivity index (χ0n) is 12.1. The van der Waals surface area contributed by atoms with E-state index >= 15 is 0 Å². The zero-order valence-corrected chi connectivity index (χ0v) is 13.7. The monoisotopic (exact) mass is 349 g/mol. The number of benzene rings is 2. The lowest BCUT2D eigenvalue weighted by Crippen LogP contribution is -2.13. The quantitative estimate of drug-likeness (QED) is 0.906. The lowest BCUT2D eigenvalue weighted by Gasteiger charge is -2.12. The molecule has 0 radical (unpaired) electrons. The van der Waals surface area contributed by atoms with E-state index in [4.69, 9.17) is 9.47 Å². The van der Waals surface area contributed by atoms with Crippen molar-refractivity contribution in [3.05, 3.63) is 52.0 Å². The Hall–Kier alpha value is -2.01. The third-order valence-electron chi connectivity index (χ3n) is 3.07. The van der Waals surface area contributed by atoms with Crippen LogP contribution < -0.4 is 14.8 Å². The number of hydrogen-bond donors (Lipinski definition) is 1. The van der Waals surface area contributed by atoms with E-state index < -0.39 is 0 Å². The van der Waals surface area contributed by atoms with E-state index in [-0.39, 0.29) is 5.91 Å². The van der Waals surface area contributed by atoms with E-state index in [1.165, 1.54) is 0 Å². The van der Waals surface area contributed by atoms with Crippen LogP contribution in [0.3, 0.4) is 0 Å². The summed E-state index contributed by atoms with van der Waals surface area (Å²) in [5.74, 6) is 1.08. The summed E-state index contributed by atoms with van der Waals surface area (Å²) in [6.45, 7) is 1.90. The highest BCUT2D eigenvalue weighted by Crippen LogP contribution is 2.29. The van der Waals surface area contributed by atoms with Crippen LogP contribution >= 0.6 is 15.9 Å². The Morgan fingerprint density at radius 2 is 1.90 bits per heavy atom. The van der Waals surface area contributed by atoms with Crippen LogP contribution in [0.15, 0.2) is 40.9 Å². The molecular formula is C16H16BrNO3. The Morgan fingerprint density at radius 3 is 2.52 bits per heavy atom. The van der Waals surface area contributed by atoms with Gasteiger partial charge in [0.1, 0.15) is 11.5 Å². The minimum absolute atomic E-state index is 0.215. The number of methoxy groups -OCH3 is 2. The van der Waals surface area contributed by atoms with Crippen LogP contribution in [-0.4, -0.2) is 20.1 Å². The summed E-state index contributed by atoms with van der Waals surface area (Å²) in [7, 11) is 3.15. The van der Waals surface area contributed by atoms with E-state index in [0.717, 1.165) is 10.0 Å². The summed E-state index contributed by atoms with van der Waals surface area (Å²) in [5, 5.41) is 2.85. The Morgan fingerprint density at radius 1 is 1.14 bits per heavy atom. The molecule has 1 N–H and O–H groups in total. The van der Waals surface area contributed by atoms with Gasteiger partial charge in [0.2, 0.25) is 0 Å². The second-order valence-electron chi connectivity index (χ2n) is 4.46. The predicted octanol–water partition coefficient (Wildman–Crippen LogP) is 4.03. The minimum Gasteiger partial charge on any atom is -0.496 e. The van der Waals surface area contributed by atoms with Crippen LogP contribution in [0.25, 0.3) is 0 Å². The zero-order chi connectivity index (χ0) is 15.4. The van der Waals surface area contributed by atoms with Gasteiger partial charge in [-0.25, -0.2) is 0 Å². The van der Waals surface area contributed by atoms with Gasteiger partial charge in [-0.05, 0) is 52.7 Å². The fourth-order valence-corrected chi connectivity index (χ4v) is 2.59. The van der Waals surface area contributed by atoms with Crippen molar-refractivity contribution in [1.29, 1.82) is 0 Å².